The molecule has 2 nitrogen and oxygen atoms in total. The second-order valence-electron chi connectivity index (χ2n) is 2.91. The van der Waals surface area contributed by atoms with Gasteiger partial charge in [0.2, 0.25) is 0 Å². The molecule has 0 spiro atoms. The molecular weight excluding hydrogens is 100 g/mol. The average molecular weight is 120 g/mol. The van der Waals surface area contributed by atoms with Gasteiger partial charge in [0.1, 0.15) is 0 Å². The lowest BCUT2D eigenvalue weighted by molar-refractivity contribution is 0.398. The molecule has 0 saturated carbocycles. The van der Waals surface area contributed by atoms with Gasteiger partial charge < -0.3 is 12.3 Å². The third kappa shape index (κ3) is 16.8. The SMILES string of the molecule is CCC(C)(C)C.N.N. The summed E-state index contributed by atoms with van der Waals surface area (Å²) in [5.41, 5.74) is 0.542. The van der Waals surface area contributed by atoms with E-state index in [4.69, 9.17) is 0 Å². The van der Waals surface area contributed by atoms with Crippen LogP contribution in [0.15, 0.2) is 0 Å². The van der Waals surface area contributed by atoms with Gasteiger partial charge in [0.15, 0.2) is 0 Å². The maximum atomic E-state index is 2.24. The molecular formula is C6H20N2. The van der Waals surface area contributed by atoms with E-state index in [-0.39, 0.29) is 12.3 Å². The summed E-state index contributed by atoms with van der Waals surface area (Å²) in [6, 6.07) is 0. The average Bonchev–Trinajstić information content (AvgIpc) is 1.35. The minimum atomic E-state index is 0. The van der Waals surface area contributed by atoms with Crippen LogP contribution in [0.4, 0.5) is 0 Å². The summed E-state index contributed by atoms with van der Waals surface area (Å²) in [6.07, 6.45) is 1.27. The molecule has 0 radical (unpaired) electrons. The van der Waals surface area contributed by atoms with Gasteiger partial charge in [-0.3, -0.25) is 0 Å². The summed E-state index contributed by atoms with van der Waals surface area (Å²) in [6.45, 7) is 8.94. The van der Waals surface area contributed by atoms with Gasteiger partial charge >= 0.3 is 0 Å². The van der Waals surface area contributed by atoms with E-state index in [0.717, 1.165) is 0 Å². The summed E-state index contributed by atoms with van der Waals surface area (Å²) in [5, 5.41) is 0. The molecule has 0 fully saturated rings. The molecule has 2 heteroatoms. The normalized spacial score (nSPS) is 9.00. The van der Waals surface area contributed by atoms with Crippen LogP contribution in [0.5, 0.6) is 0 Å². The van der Waals surface area contributed by atoms with E-state index < -0.39 is 0 Å². The zero-order valence-corrected chi connectivity index (χ0v) is 6.62. The smallest absolute Gasteiger partial charge is 0.0385 e. The van der Waals surface area contributed by atoms with Gasteiger partial charge in [-0.2, -0.15) is 0 Å². The lowest BCUT2D eigenvalue weighted by Gasteiger charge is -2.12. The van der Waals surface area contributed by atoms with Crippen molar-refractivity contribution < 1.29 is 0 Å². The highest BCUT2D eigenvalue weighted by atomic mass is 14.1. The summed E-state index contributed by atoms with van der Waals surface area (Å²) in [7, 11) is 0. The first kappa shape index (κ1) is 15.7. The lowest BCUT2D eigenvalue weighted by atomic mass is 9.94. The van der Waals surface area contributed by atoms with Crippen LogP contribution in [-0.2, 0) is 0 Å². The van der Waals surface area contributed by atoms with Crippen molar-refractivity contribution in [2.24, 2.45) is 5.41 Å². The quantitative estimate of drug-likeness (QED) is 0.516. The Morgan fingerprint density at radius 3 is 1.12 bits per heavy atom. The Morgan fingerprint density at radius 2 is 1.12 bits per heavy atom. The molecule has 54 valence electrons. The van der Waals surface area contributed by atoms with E-state index in [1.54, 1.807) is 0 Å². The first-order valence-electron chi connectivity index (χ1n) is 2.56. The molecule has 0 heterocycles. The molecule has 0 amide bonds. The highest BCUT2D eigenvalue weighted by Crippen LogP contribution is 2.16. The van der Waals surface area contributed by atoms with Gasteiger partial charge in [0.25, 0.3) is 0 Å². The summed E-state index contributed by atoms with van der Waals surface area (Å²) >= 11 is 0. The number of rotatable bonds is 0. The second-order valence-corrected chi connectivity index (χ2v) is 2.91. The van der Waals surface area contributed by atoms with E-state index in [2.05, 4.69) is 27.7 Å². The number of hydrogen-bond donors (Lipinski definition) is 2. The Hall–Kier alpha value is -0.0800. The van der Waals surface area contributed by atoms with Crippen LogP contribution in [0.1, 0.15) is 34.1 Å². The first-order valence-corrected chi connectivity index (χ1v) is 2.56. The minimum Gasteiger partial charge on any atom is -0.344 e. The van der Waals surface area contributed by atoms with Crippen molar-refractivity contribution in [1.29, 1.82) is 0 Å². The Bertz CT molecular complexity index is 36.3. The van der Waals surface area contributed by atoms with E-state index in [9.17, 15) is 0 Å². The monoisotopic (exact) mass is 120 g/mol. The molecule has 0 aromatic rings. The molecule has 0 aromatic carbocycles. The molecule has 0 saturated heterocycles. The van der Waals surface area contributed by atoms with Crippen molar-refractivity contribution in [1.82, 2.24) is 12.3 Å². The van der Waals surface area contributed by atoms with Crippen LogP contribution in [-0.4, -0.2) is 0 Å². The fraction of sp³-hybridized carbons (Fsp3) is 1.00. The Labute approximate surface area is 52.8 Å². The third-order valence-electron chi connectivity index (χ3n) is 1.06. The maximum absolute atomic E-state index is 2.24. The zero-order chi connectivity index (χ0) is 5.21. The molecule has 0 aliphatic rings. The van der Waals surface area contributed by atoms with Crippen LogP contribution >= 0.6 is 0 Å². The molecule has 6 N–H and O–H groups in total. The molecule has 0 atom stereocenters. The largest absolute Gasteiger partial charge is 0.344 e. The Morgan fingerprint density at radius 1 is 1.00 bits per heavy atom. The van der Waals surface area contributed by atoms with Crippen molar-refractivity contribution in [2.45, 2.75) is 34.1 Å². The zero-order valence-electron chi connectivity index (χ0n) is 6.62. The van der Waals surface area contributed by atoms with Crippen molar-refractivity contribution >= 4 is 0 Å². The van der Waals surface area contributed by atoms with Crippen molar-refractivity contribution in [2.75, 3.05) is 0 Å². The standard InChI is InChI=1S/C6H14.2H3N/c1-5-6(2,3)4;;/h5H2,1-4H3;2*1H3. The fourth-order valence-electron chi connectivity index (χ4n) is 0. The van der Waals surface area contributed by atoms with Crippen LogP contribution < -0.4 is 12.3 Å². The predicted octanol–water partition coefficient (Wildman–Crippen LogP) is 2.77. The summed E-state index contributed by atoms with van der Waals surface area (Å²) < 4.78 is 0. The van der Waals surface area contributed by atoms with E-state index in [0.29, 0.717) is 5.41 Å². The molecule has 8 heavy (non-hydrogen) atoms. The molecule has 0 rings (SSSR count). The van der Waals surface area contributed by atoms with Gasteiger partial charge in [-0.25, -0.2) is 0 Å². The van der Waals surface area contributed by atoms with Crippen molar-refractivity contribution in [3.63, 3.8) is 0 Å². The van der Waals surface area contributed by atoms with Gasteiger partial charge in [-0.15, -0.1) is 0 Å². The van der Waals surface area contributed by atoms with Gasteiger partial charge in [0.05, 0.1) is 0 Å². The molecule has 0 aromatic heterocycles. The highest BCUT2D eigenvalue weighted by Gasteiger charge is 2.03. The van der Waals surface area contributed by atoms with Crippen molar-refractivity contribution in [3.8, 4) is 0 Å². The van der Waals surface area contributed by atoms with Gasteiger partial charge in [-0.05, 0) is 5.41 Å². The van der Waals surface area contributed by atoms with Gasteiger partial charge in [0, 0.05) is 0 Å². The molecule has 0 aliphatic heterocycles. The van der Waals surface area contributed by atoms with E-state index in [1.165, 1.54) is 6.42 Å². The lowest BCUT2D eigenvalue weighted by Crippen LogP contribution is -2.00. The molecule has 0 unspecified atom stereocenters. The van der Waals surface area contributed by atoms with E-state index in [1.807, 2.05) is 0 Å². The van der Waals surface area contributed by atoms with Crippen molar-refractivity contribution in [3.05, 3.63) is 0 Å². The fourth-order valence-corrected chi connectivity index (χ4v) is 0. The third-order valence-corrected chi connectivity index (χ3v) is 1.06. The second kappa shape index (κ2) is 5.06. The Balaban J connectivity index is -0.000000125. The van der Waals surface area contributed by atoms with E-state index >= 15 is 0 Å². The van der Waals surface area contributed by atoms with Crippen LogP contribution in [0.2, 0.25) is 0 Å². The first-order chi connectivity index (χ1) is 2.56. The van der Waals surface area contributed by atoms with Gasteiger partial charge in [-0.1, -0.05) is 34.1 Å². The minimum absolute atomic E-state index is 0. The van der Waals surface area contributed by atoms with Crippen LogP contribution in [0.25, 0.3) is 0 Å². The highest BCUT2D eigenvalue weighted by molar-refractivity contribution is 4.55. The maximum Gasteiger partial charge on any atom is -0.0385 e. The molecule has 0 bridgehead atoms. The van der Waals surface area contributed by atoms with Crippen LogP contribution in [0.3, 0.4) is 0 Å². The summed E-state index contributed by atoms with van der Waals surface area (Å²) in [5.74, 6) is 0. The predicted molar refractivity (Wildman–Crippen MR) is 39.8 cm³/mol. The Kier molecular flexibility index (Phi) is 9.92. The molecule has 0 aliphatic carbocycles. The van der Waals surface area contributed by atoms with Crippen LogP contribution in [0, 0.1) is 5.41 Å². The number of hydrogen-bond acceptors (Lipinski definition) is 2. The topological polar surface area (TPSA) is 70.0 Å². The summed E-state index contributed by atoms with van der Waals surface area (Å²) in [4.78, 5) is 0.